The number of carbonyl (C=O) groups is 1. The van der Waals surface area contributed by atoms with E-state index in [9.17, 15) is 4.79 Å². The quantitative estimate of drug-likeness (QED) is 0.731. The van der Waals surface area contributed by atoms with Crippen molar-refractivity contribution in [2.24, 2.45) is 5.92 Å². The average Bonchev–Trinajstić information content (AvgIpc) is 3.47. The van der Waals surface area contributed by atoms with Crippen LogP contribution in [0.5, 0.6) is 5.75 Å². The zero-order valence-corrected chi connectivity index (χ0v) is 20.1. The molecule has 8 heteroatoms. The van der Waals surface area contributed by atoms with Crippen LogP contribution in [0.25, 0.3) is 0 Å². The second-order valence-corrected chi connectivity index (χ2v) is 10.8. The maximum atomic E-state index is 12.0. The molecule has 2 atom stereocenters. The topological polar surface area (TPSA) is 70.2 Å². The number of fused-ring (bicyclic) bond motifs is 5. The van der Waals surface area contributed by atoms with Gasteiger partial charge in [-0.25, -0.2) is 4.98 Å². The number of aromatic nitrogens is 1. The van der Waals surface area contributed by atoms with E-state index in [0.717, 1.165) is 87.1 Å². The molecule has 0 saturated carbocycles. The summed E-state index contributed by atoms with van der Waals surface area (Å²) in [6.07, 6.45) is 5.22. The van der Waals surface area contributed by atoms with Crippen molar-refractivity contribution in [2.75, 3.05) is 62.3 Å². The van der Waals surface area contributed by atoms with Crippen molar-refractivity contribution in [1.82, 2.24) is 15.2 Å². The number of hydrogen-bond donors (Lipinski definition) is 1. The van der Waals surface area contributed by atoms with Gasteiger partial charge in [-0.15, -0.1) is 0 Å². The molecule has 5 aliphatic heterocycles. The van der Waals surface area contributed by atoms with Crippen molar-refractivity contribution in [3.8, 4) is 5.75 Å². The van der Waals surface area contributed by atoms with E-state index >= 15 is 0 Å². The molecule has 1 aromatic heterocycles. The van der Waals surface area contributed by atoms with Crippen molar-refractivity contribution in [2.45, 2.75) is 37.5 Å². The fourth-order valence-electron chi connectivity index (χ4n) is 6.83. The van der Waals surface area contributed by atoms with Crippen molar-refractivity contribution in [1.29, 1.82) is 0 Å². The van der Waals surface area contributed by atoms with Gasteiger partial charge in [0.2, 0.25) is 0 Å². The van der Waals surface area contributed by atoms with Gasteiger partial charge >= 0.3 is 0 Å². The molecule has 1 spiro atoms. The maximum absolute atomic E-state index is 12.0. The third kappa shape index (κ3) is 3.74. The molecule has 0 radical (unpaired) electrons. The Bertz CT molecular complexity index is 1120. The van der Waals surface area contributed by atoms with Gasteiger partial charge in [0.15, 0.2) is 0 Å². The van der Waals surface area contributed by atoms with Crippen LogP contribution in [0, 0.1) is 5.92 Å². The first kappa shape index (κ1) is 21.4. The highest BCUT2D eigenvalue weighted by Crippen LogP contribution is 2.42. The van der Waals surface area contributed by atoms with Crippen molar-refractivity contribution < 1.29 is 14.3 Å². The van der Waals surface area contributed by atoms with E-state index < -0.39 is 0 Å². The van der Waals surface area contributed by atoms with Gasteiger partial charge in [0, 0.05) is 63.1 Å². The van der Waals surface area contributed by atoms with Gasteiger partial charge in [-0.1, -0.05) is 6.07 Å². The number of nitrogens with one attached hydrogen (secondary N) is 1. The molecule has 2 unspecified atom stereocenters. The summed E-state index contributed by atoms with van der Waals surface area (Å²) in [7, 11) is 0. The minimum atomic E-state index is 0.0114. The van der Waals surface area contributed by atoms with Crippen LogP contribution in [-0.4, -0.2) is 79.9 Å². The lowest BCUT2D eigenvalue weighted by atomic mass is 9.85. The van der Waals surface area contributed by atoms with Gasteiger partial charge < -0.3 is 24.6 Å². The zero-order valence-electron chi connectivity index (χ0n) is 20.1. The number of amides is 1. The number of rotatable bonds is 3. The normalized spacial score (nSPS) is 27.3. The highest BCUT2D eigenvalue weighted by Gasteiger charge is 2.44. The number of benzene rings is 1. The minimum Gasteiger partial charge on any atom is -0.489 e. The Labute approximate surface area is 206 Å². The van der Waals surface area contributed by atoms with Gasteiger partial charge in [-0.3, -0.25) is 9.69 Å². The van der Waals surface area contributed by atoms with E-state index in [1.165, 1.54) is 6.42 Å². The molecule has 0 aliphatic carbocycles. The average molecular weight is 476 g/mol. The van der Waals surface area contributed by atoms with Crippen LogP contribution < -0.4 is 19.9 Å². The molecule has 3 saturated heterocycles. The monoisotopic (exact) mass is 475 g/mol. The summed E-state index contributed by atoms with van der Waals surface area (Å²) in [5, 5.41) is 2.93. The molecule has 1 aromatic carbocycles. The first-order valence-corrected chi connectivity index (χ1v) is 13.0. The predicted molar refractivity (Wildman–Crippen MR) is 133 cm³/mol. The van der Waals surface area contributed by atoms with Gasteiger partial charge in [0.1, 0.15) is 18.2 Å². The van der Waals surface area contributed by atoms with Gasteiger partial charge in [-0.05, 0) is 49.4 Å². The first-order chi connectivity index (χ1) is 17.2. The van der Waals surface area contributed by atoms with E-state index in [1.807, 2.05) is 18.3 Å². The third-order valence-electron chi connectivity index (χ3n) is 8.66. The Morgan fingerprint density at radius 3 is 2.86 bits per heavy atom. The molecule has 3 fully saturated rings. The smallest absolute Gasteiger partial charge is 0.252 e. The number of pyridine rings is 1. The standard InChI is InChI=1S/C27H33N5O3/c33-26-21-4-5-23-25(22(21)14-29-26)34-18-20-16-30(11-12-32(20)23)15-19-13-27(35-17-19)6-9-31(10-7-27)24-3-1-2-8-28-24/h1-5,8,19-20H,6-7,9-18H2,(H,29,33). The van der Waals surface area contributed by atoms with Gasteiger partial charge in [0.25, 0.3) is 5.91 Å². The molecule has 35 heavy (non-hydrogen) atoms. The molecule has 1 N–H and O–H groups in total. The molecule has 6 heterocycles. The number of anilines is 2. The lowest BCUT2D eigenvalue weighted by molar-refractivity contribution is -0.0156. The Hall–Kier alpha value is -2.84. The first-order valence-electron chi connectivity index (χ1n) is 13.0. The molecule has 184 valence electrons. The number of nitrogens with zero attached hydrogens (tertiary/aromatic N) is 4. The molecular formula is C27H33N5O3. The van der Waals surface area contributed by atoms with Crippen LogP contribution in [0.4, 0.5) is 11.5 Å². The van der Waals surface area contributed by atoms with Crippen LogP contribution in [0.2, 0.25) is 0 Å². The Kier molecular flexibility index (Phi) is 5.13. The highest BCUT2D eigenvalue weighted by molar-refractivity contribution is 6.00. The fraction of sp³-hybridized carbons (Fsp3) is 0.556. The van der Waals surface area contributed by atoms with Crippen LogP contribution in [0.3, 0.4) is 0 Å². The van der Waals surface area contributed by atoms with E-state index in [0.29, 0.717) is 25.1 Å². The van der Waals surface area contributed by atoms with E-state index in [4.69, 9.17) is 9.47 Å². The molecule has 0 bridgehead atoms. The zero-order chi connectivity index (χ0) is 23.4. The minimum absolute atomic E-state index is 0.0114. The van der Waals surface area contributed by atoms with Crippen molar-refractivity contribution >= 4 is 17.4 Å². The maximum Gasteiger partial charge on any atom is 0.252 e. The summed E-state index contributed by atoms with van der Waals surface area (Å²) in [6.45, 7) is 8.35. The third-order valence-corrected chi connectivity index (χ3v) is 8.66. The molecule has 7 rings (SSSR count). The van der Waals surface area contributed by atoms with Crippen LogP contribution in [0.15, 0.2) is 36.5 Å². The summed E-state index contributed by atoms with van der Waals surface area (Å²) in [5.41, 5.74) is 2.99. The van der Waals surface area contributed by atoms with Crippen molar-refractivity contribution in [3.63, 3.8) is 0 Å². The Balaban J connectivity index is 0.957. The fourth-order valence-corrected chi connectivity index (χ4v) is 6.83. The SMILES string of the molecule is O=C1NCc2c1ccc1c2OCC2CN(CC3COC4(CCN(c5ccccn5)CC4)C3)CCN12. The number of ether oxygens (including phenoxy) is 2. The Morgan fingerprint density at radius 1 is 1.09 bits per heavy atom. The number of piperidine rings is 1. The predicted octanol–water partition coefficient (Wildman–Crippen LogP) is 2.28. The molecule has 2 aromatic rings. The van der Waals surface area contributed by atoms with E-state index in [2.05, 4.69) is 43.2 Å². The summed E-state index contributed by atoms with van der Waals surface area (Å²) in [5.74, 6) is 2.60. The van der Waals surface area contributed by atoms with E-state index in [1.54, 1.807) is 0 Å². The number of carbonyl (C=O) groups excluding carboxylic acids is 1. The number of piperazine rings is 1. The molecule has 1 amide bonds. The lowest BCUT2D eigenvalue weighted by Crippen LogP contribution is -2.58. The summed E-state index contributed by atoms with van der Waals surface area (Å²) in [4.78, 5) is 24.1. The highest BCUT2D eigenvalue weighted by atomic mass is 16.5. The molecule has 5 aliphatic rings. The van der Waals surface area contributed by atoms with Crippen LogP contribution in [-0.2, 0) is 11.3 Å². The van der Waals surface area contributed by atoms with Gasteiger partial charge in [0.05, 0.1) is 23.9 Å². The molecule has 8 nitrogen and oxygen atoms in total. The molecular weight excluding hydrogens is 442 g/mol. The second-order valence-electron chi connectivity index (χ2n) is 10.8. The van der Waals surface area contributed by atoms with Gasteiger partial charge in [-0.2, -0.15) is 0 Å². The largest absolute Gasteiger partial charge is 0.489 e. The summed E-state index contributed by atoms with van der Waals surface area (Å²) >= 11 is 0. The number of hydrogen-bond acceptors (Lipinski definition) is 7. The van der Waals surface area contributed by atoms with Crippen molar-refractivity contribution in [3.05, 3.63) is 47.7 Å². The lowest BCUT2D eigenvalue weighted by Gasteiger charge is -2.46. The Morgan fingerprint density at radius 2 is 2.00 bits per heavy atom. The summed E-state index contributed by atoms with van der Waals surface area (Å²) in [6, 6.07) is 10.5. The second kappa shape index (κ2) is 8.38. The van der Waals surface area contributed by atoms with Crippen LogP contribution in [0.1, 0.15) is 35.2 Å². The van der Waals surface area contributed by atoms with Crippen LogP contribution >= 0.6 is 0 Å². The van der Waals surface area contributed by atoms with E-state index in [-0.39, 0.29) is 11.5 Å². The summed E-state index contributed by atoms with van der Waals surface area (Å²) < 4.78 is 12.7.